The Labute approximate surface area is 190 Å². The lowest BCUT2D eigenvalue weighted by Gasteiger charge is -2.29. The average Bonchev–Trinajstić information content (AvgIpc) is 3.04. The van der Waals surface area contributed by atoms with Crippen LogP contribution >= 0.6 is 0 Å². The second-order valence-corrected chi connectivity index (χ2v) is 11.8. The number of rotatable bonds is 5. The van der Waals surface area contributed by atoms with Crippen molar-refractivity contribution in [3.8, 4) is 11.5 Å². The molecular weight excluding hydrogens is 412 g/mol. The molecule has 1 aliphatic rings. The van der Waals surface area contributed by atoms with E-state index in [0.29, 0.717) is 0 Å². The van der Waals surface area contributed by atoms with Crippen LogP contribution in [0.1, 0.15) is 20.3 Å². The van der Waals surface area contributed by atoms with Crippen LogP contribution in [0.15, 0.2) is 104 Å². The van der Waals surface area contributed by atoms with E-state index in [4.69, 9.17) is 9.47 Å². The largest absolute Gasteiger partial charge is 0.431 e. The first-order valence-electron chi connectivity index (χ1n) is 10.7. The summed E-state index contributed by atoms with van der Waals surface area (Å²) in [5.41, 5.74) is 2.26. The van der Waals surface area contributed by atoms with Crippen molar-refractivity contribution in [2.45, 2.75) is 31.7 Å². The highest BCUT2D eigenvalue weighted by molar-refractivity contribution is 7.16. The molecule has 0 amide bonds. The van der Waals surface area contributed by atoms with Gasteiger partial charge in [-0.3, -0.25) is 0 Å². The van der Waals surface area contributed by atoms with Gasteiger partial charge in [-0.2, -0.15) is 0 Å². The first kappa shape index (κ1) is 21.8. The summed E-state index contributed by atoms with van der Waals surface area (Å²) < 4.78 is 11.6. The minimum atomic E-state index is -2.83. The second-order valence-electron chi connectivity index (χ2n) is 8.31. The minimum Gasteiger partial charge on any atom is -0.431 e. The molecule has 0 aromatic heterocycles. The molecule has 1 saturated heterocycles. The molecule has 4 heteroatoms. The fourth-order valence-electron chi connectivity index (χ4n) is 4.22. The van der Waals surface area contributed by atoms with Crippen molar-refractivity contribution < 1.29 is 14.3 Å². The molecule has 3 nitrogen and oxygen atoms in total. The normalized spacial score (nSPS) is 19.5. The number of benzene rings is 3. The third-order valence-electron chi connectivity index (χ3n) is 5.59. The molecule has 32 heavy (non-hydrogen) atoms. The van der Waals surface area contributed by atoms with Gasteiger partial charge in [-0.25, -0.2) is 4.79 Å². The zero-order valence-corrected chi connectivity index (χ0v) is 19.4. The van der Waals surface area contributed by atoms with Crippen LogP contribution in [0.5, 0.6) is 0 Å². The standard InChI is InChI=1S/C28H26O3Si/c1-4-20-28(26(29)30-27(2,3)31-28)21-22-32(23-14-8-5-9-15-23,24-16-10-6-11-17-24)25-18-12-7-13-19-25/h4-19H,1,20H2,2-3H3/t28-/m1/s1. The van der Waals surface area contributed by atoms with E-state index in [9.17, 15) is 4.79 Å². The van der Waals surface area contributed by atoms with E-state index < -0.39 is 25.4 Å². The fraction of sp³-hybridized carbons (Fsp3) is 0.179. The number of hydrogen-bond donors (Lipinski definition) is 0. The maximum Gasteiger partial charge on any atom is 0.354 e. The molecule has 0 N–H and O–H groups in total. The minimum absolute atomic E-state index is 0.255. The third kappa shape index (κ3) is 3.93. The topological polar surface area (TPSA) is 35.5 Å². The van der Waals surface area contributed by atoms with E-state index in [-0.39, 0.29) is 6.42 Å². The molecule has 3 aromatic rings. The van der Waals surface area contributed by atoms with Gasteiger partial charge in [0.05, 0.1) is 0 Å². The third-order valence-corrected chi connectivity index (χ3v) is 9.69. The van der Waals surface area contributed by atoms with Gasteiger partial charge in [-0.15, -0.1) is 12.1 Å². The van der Waals surface area contributed by atoms with Crippen LogP contribution < -0.4 is 15.6 Å². The monoisotopic (exact) mass is 438 g/mol. The highest BCUT2D eigenvalue weighted by Gasteiger charge is 2.53. The highest BCUT2D eigenvalue weighted by Crippen LogP contribution is 2.34. The van der Waals surface area contributed by atoms with Crippen LogP contribution in [0.25, 0.3) is 0 Å². The van der Waals surface area contributed by atoms with Gasteiger partial charge in [-0.1, -0.05) is 103 Å². The summed E-state index contributed by atoms with van der Waals surface area (Å²) in [6.07, 6.45) is 1.92. The van der Waals surface area contributed by atoms with E-state index in [1.165, 1.54) is 0 Å². The molecule has 160 valence electrons. The van der Waals surface area contributed by atoms with Crippen LogP contribution in [-0.4, -0.2) is 25.4 Å². The molecule has 4 rings (SSSR count). The van der Waals surface area contributed by atoms with Gasteiger partial charge >= 0.3 is 5.97 Å². The summed E-state index contributed by atoms with van der Waals surface area (Å²) in [5, 5.41) is 3.43. The van der Waals surface area contributed by atoms with Gasteiger partial charge in [-0.05, 0) is 15.6 Å². The Hall–Kier alpha value is -3.39. The van der Waals surface area contributed by atoms with Gasteiger partial charge in [0.25, 0.3) is 0 Å². The molecule has 1 fully saturated rings. The van der Waals surface area contributed by atoms with Crippen LogP contribution in [0.3, 0.4) is 0 Å². The lowest BCUT2D eigenvalue weighted by molar-refractivity contribution is -0.162. The zero-order valence-electron chi connectivity index (χ0n) is 18.4. The first-order valence-corrected chi connectivity index (χ1v) is 12.7. The Morgan fingerprint density at radius 2 is 1.28 bits per heavy atom. The average molecular weight is 439 g/mol. The molecule has 3 aromatic carbocycles. The maximum atomic E-state index is 12.9. The molecule has 0 bridgehead atoms. The number of esters is 1. The van der Waals surface area contributed by atoms with Gasteiger partial charge in [0, 0.05) is 20.3 Å². The van der Waals surface area contributed by atoms with Crippen LogP contribution in [0.2, 0.25) is 0 Å². The predicted molar refractivity (Wildman–Crippen MR) is 131 cm³/mol. The quantitative estimate of drug-likeness (QED) is 0.202. The number of hydrogen-bond acceptors (Lipinski definition) is 3. The summed E-state index contributed by atoms with van der Waals surface area (Å²) >= 11 is 0. The van der Waals surface area contributed by atoms with Crippen molar-refractivity contribution in [3.05, 3.63) is 104 Å². The molecule has 0 radical (unpaired) electrons. The van der Waals surface area contributed by atoms with Crippen molar-refractivity contribution >= 4 is 29.6 Å². The predicted octanol–water partition coefficient (Wildman–Crippen LogP) is 3.32. The van der Waals surface area contributed by atoms with Crippen molar-refractivity contribution in [1.82, 2.24) is 0 Å². The van der Waals surface area contributed by atoms with Crippen molar-refractivity contribution in [2.75, 3.05) is 0 Å². The van der Waals surface area contributed by atoms with Gasteiger partial charge < -0.3 is 9.47 Å². The summed E-state index contributed by atoms with van der Waals surface area (Å²) in [5.74, 6) is 1.78. The Morgan fingerprint density at radius 1 is 0.844 bits per heavy atom. The van der Waals surface area contributed by atoms with Gasteiger partial charge in [0.1, 0.15) is 0 Å². The van der Waals surface area contributed by atoms with E-state index in [1.54, 1.807) is 19.9 Å². The van der Waals surface area contributed by atoms with E-state index in [2.05, 4.69) is 54.4 Å². The van der Waals surface area contributed by atoms with Crippen molar-refractivity contribution in [3.63, 3.8) is 0 Å². The smallest absolute Gasteiger partial charge is 0.354 e. The Morgan fingerprint density at radius 3 is 1.62 bits per heavy atom. The number of carbonyl (C=O) groups excluding carboxylic acids is 1. The number of cyclic esters (lactones) is 1. The maximum absolute atomic E-state index is 12.9. The Kier molecular flexibility index (Phi) is 5.88. The van der Waals surface area contributed by atoms with Gasteiger partial charge in [0.15, 0.2) is 0 Å². The van der Waals surface area contributed by atoms with Gasteiger partial charge in [0.2, 0.25) is 19.5 Å². The zero-order chi connectivity index (χ0) is 22.7. The van der Waals surface area contributed by atoms with Crippen molar-refractivity contribution in [2.24, 2.45) is 0 Å². The lowest BCUT2D eigenvalue weighted by atomic mass is 10.0. The number of carbonyl (C=O) groups is 1. The Balaban J connectivity index is 2.02. The molecule has 1 heterocycles. The van der Waals surface area contributed by atoms with E-state index in [0.717, 1.165) is 15.6 Å². The fourth-order valence-corrected chi connectivity index (χ4v) is 8.12. The van der Waals surface area contributed by atoms with Crippen LogP contribution in [0, 0.1) is 11.5 Å². The first-order chi connectivity index (χ1) is 15.4. The molecule has 1 aliphatic heterocycles. The van der Waals surface area contributed by atoms with E-state index in [1.807, 2.05) is 54.6 Å². The second kappa shape index (κ2) is 8.62. The van der Waals surface area contributed by atoms with Crippen molar-refractivity contribution in [1.29, 1.82) is 0 Å². The lowest BCUT2D eigenvalue weighted by Crippen LogP contribution is -2.66. The summed E-state index contributed by atoms with van der Waals surface area (Å²) in [6.45, 7) is 7.29. The Bertz CT molecular complexity index is 1060. The molecule has 0 saturated carbocycles. The molecule has 0 spiro atoms. The molecule has 0 aliphatic carbocycles. The molecule has 1 atom stereocenters. The van der Waals surface area contributed by atoms with Crippen LogP contribution in [-0.2, 0) is 14.3 Å². The number of ether oxygens (including phenoxy) is 2. The summed E-state index contributed by atoms with van der Waals surface area (Å²) in [6, 6.07) is 31.0. The SMILES string of the molecule is C=CC[C@]1(C#C[Si](c2ccccc2)(c2ccccc2)c2ccccc2)OC(C)(C)OC1=O. The molecular formula is C28H26O3Si. The molecule has 0 unspecified atom stereocenters. The summed E-state index contributed by atoms with van der Waals surface area (Å²) in [7, 11) is -2.83. The summed E-state index contributed by atoms with van der Waals surface area (Å²) in [4.78, 5) is 12.9. The van der Waals surface area contributed by atoms with E-state index >= 15 is 0 Å². The highest BCUT2D eigenvalue weighted by atomic mass is 28.3. The van der Waals surface area contributed by atoms with Crippen LogP contribution in [0.4, 0.5) is 0 Å².